The molecule has 1 rings (SSSR count). The molecule has 0 aliphatic heterocycles. The fraction of sp³-hybridized carbons (Fsp3) is 0.100. The van der Waals surface area contributed by atoms with Crippen molar-refractivity contribution in [3.8, 4) is 5.75 Å². The van der Waals surface area contributed by atoms with Crippen molar-refractivity contribution in [1.82, 2.24) is 0 Å². The summed E-state index contributed by atoms with van der Waals surface area (Å²) < 4.78 is 4.59. The predicted molar refractivity (Wildman–Crippen MR) is 48.6 cm³/mol. The molecule has 0 atom stereocenters. The van der Waals surface area contributed by atoms with Gasteiger partial charge in [-0.3, -0.25) is 4.79 Å². The lowest BCUT2D eigenvalue weighted by atomic mass is 10.1. The van der Waals surface area contributed by atoms with Crippen LogP contribution in [0, 0.1) is 0 Å². The number of allylic oxidation sites excluding steroid dienone is 1. The summed E-state index contributed by atoms with van der Waals surface area (Å²) in [4.78, 5) is 11.3. The number of carbonyl (C=O) groups is 1. The van der Waals surface area contributed by atoms with Gasteiger partial charge in [-0.15, -0.1) is 0 Å². The van der Waals surface area contributed by atoms with E-state index in [1.165, 1.54) is 25.5 Å². The van der Waals surface area contributed by atoms with Crippen LogP contribution in [0.3, 0.4) is 0 Å². The number of ether oxygens (including phenoxy) is 1. The van der Waals surface area contributed by atoms with Crippen molar-refractivity contribution in [3.63, 3.8) is 0 Å². The molecule has 0 amide bonds. The van der Waals surface area contributed by atoms with Crippen LogP contribution in [0.25, 0.3) is 0 Å². The number of ketones is 1. The molecular formula is C10H10O3. The summed E-state index contributed by atoms with van der Waals surface area (Å²) in [6, 6.07) is 6.37. The summed E-state index contributed by atoms with van der Waals surface area (Å²) in [5.41, 5.74) is 0.274. The minimum absolute atomic E-state index is 0.0201. The summed E-state index contributed by atoms with van der Waals surface area (Å²) in [5.74, 6) is -0.298. The molecule has 0 aliphatic carbocycles. The van der Waals surface area contributed by atoms with Gasteiger partial charge in [0.2, 0.25) is 0 Å². The zero-order valence-electron chi connectivity index (χ0n) is 7.23. The number of para-hydroxylation sites is 1. The van der Waals surface area contributed by atoms with Gasteiger partial charge >= 0.3 is 0 Å². The first-order chi connectivity index (χ1) is 6.25. The predicted octanol–water partition coefficient (Wildman–Crippen LogP) is 1.73. The maximum Gasteiger partial charge on any atom is 0.192 e. The minimum atomic E-state index is -0.278. The highest BCUT2D eigenvalue weighted by atomic mass is 16.5. The van der Waals surface area contributed by atoms with Gasteiger partial charge in [0.25, 0.3) is 0 Å². The van der Waals surface area contributed by atoms with Crippen molar-refractivity contribution in [3.05, 3.63) is 42.2 Å². The molecular weight excluding hydrogens is 168 g/mol. The Morgan fingerprint density at radius 2 is 2.15 bits per heavy atom. The molecule has 0 saturated heterocycles. The van der Waals surface area contributed by atoms with E-state index in [9.17, 15) is 9.90 Å². The molecule has 68 valence electrons. The first-order valence-electron chi connectivity index (χ1n) is 3.77. The molecule has 0 radical (unpaired) electrons. The Labute approximate surface area is 76.3 Å². The number of hydrogen-bond acceptors (Lipinski definition) is 3. The first-order valence-corrected chi connectivity index (χ1v) is 3.77. The lowest BCUT2D eigenvalue weighted by molar-refractivity contribution is 0.104. The van der Waals surface area contributed by atoms with E-state index < -0.39 is 0 Å². The van der Waals surface area contributed by atoms with Gasteiger partial charge < -0.3 is 9.84 Å². The standard InChI is InChI=1S/C10H10O3/c1-13-7-6-10(12)8-4-2-3-5-9(8)11/h2-7,11H,1H3. The Hall–Kier alpha value is -1.77. The molecule has 0 unspecified atom stereocenters. The average molecular weight is 178 g/mol. The van der Waals surface area contributed by atoms with E-state index in [1.807, 2.05) is 0 Å². The normalized spacial score (nSPS) is 10.2. The van der Waals surface area contributed by atoms with Crippen LogP contribution in [0.1, 0.15) is 10.4 Å². The summed E-state index contributed by atoms with van der Waals surface area (Å²) in [7, 11) is 1.45. The van der Waals surface area contributed by atoms with Crippen LogP contribution in [0.2, 0.25) is 0 Å². The molecule has 0 fully saturated rings. The van der Waals surface area contributed by atoms with Crippen molar-refractivity contribution in [2.45, 2.75) is 0 Å². The molecule has 0 spiro atoms. The number of phenolic OH excluding ortho intramolecular Hbond substituents is 1. The highest BCUT2D eigenvalue weighted by Gasteiger charge is 2.05. The van der Waals surface area contributed by atoms with Gasteiger partial charge in [-0.05, 0) is 12.1 Å². The van der Waals surface area contributed by atoms with E-state index in [2.05, 4.69) is 4.74 Å². The molecule has 0 aromatic heterocycles. The molecule has 0 heterocycles. The van der Waals surface area contributed by atoms with Crippen LogP contribution in [-0.4, -0.2) is 18.0 Å². The zero-order chi connectivity index (χ0) is 9.68. The van der Waals surface area contributed by atoms with E-state index in [0.29, 0.717) is 0 Å². The molecule has 1 aromatic carbocycles. The highest BCUT2D eigenvalue weighted by molar-refractivity contribution is 6.06. The average Bonchev–Trinajstić information content (AvgIpc) is 2.15. The third kappa shape index (κ3) is 2.33. The Balaban J connectivity index is 2.89. The number of carbonyl (C=O) groups excluding carboxylic acids is 1. The molecule has 3 nitrogen and oxygen atoms in total. The second-order valence-electron chi connectivity index (χ2n) is 2.42. The van der Waals surface area contributed by atoms with E-state index in [-0.39, 0.29) is 17.1 Å². The zero-order valence-corrected chi connectivity index (χ0v) is 7.23. The smallest absolute Gasteiger partial charge is 0.192 e. The lowest BCUT2D eigenvalue weighted by Crippen LogP contribution is -1.94. The fourth-order valence-corrected chi connectivity index (χ4v) is 0.902. The SMILES string of the molecule is COC=CC(=O)c1ccccc1O. The third-order valence-corrected chi connectivity index (χ3v) is 1.53. The molecule has 0 aliphatic rings. The van der Waals surface area contributed by atoms with E-state index >= 15 is 0 Å². The molecule has 1 N–H and O–H groups in total. The molecule has 0 bridgehead atoms. The summed E-state index contributed by atoms with van der Waals surface area (Å²) in [6.45, 7) is 0. The van der Waals surface area contributed by atoms with Gasteiger partial charge in [-0.2, -0.15) is 0 Å². The molecule has 13 heavy (non-hydrogen) atoms. The van der Waals surface area contributed by atoms with Crippen molar-refractivity contribution in [2.24, 2.45) is 0 Å². The van der Waals surface area contributed by atoms with Crippen molar-refractivity contribution < 1.29 is 14.6 Å². The van der Waals surface area contributed by atoms with Crippen LogP contribution in [0.15, 0.2) is 36.6 Å². The third-order valence-electron chi connectivity index (χ3n) is 1.53. The summed E-state index contributed by atoms with van der Waals surface area (Å²) >= 11 is 0. The van der Waals surface area contributed by atoms with Gasteiger partial charge in [0.05, 0.1) is 18.9 Å². The number of benzene rings is 1. The van der Waals surface area contributed by atoms with E-state index in [1.54, 1.807) is 18.2 Å². The molecule has 3 heteroatoms. The maximum absolute atomic E-state index is 11.3. The van der Waals surface area contributed by atoms with Gasteiger partial charge in [0.1, 0.15) is 5.75 Å². The van der Waals surface area contributed by atoms with Crippen LogP contribution in [-0.2, 0) is 4.74 Å². The quantitative estimate of drug-likeness (QED) is 0.435. The summed E-state index contributed by atoms with van der Waals surface area (Å²) in [6.07, 6.45) is 2.53. The van der Waals surface area contributed by atoms with Crippen LogP contribution in [0.4, 0.5) is 0 Å². The van der Waals surface area contributed by atoms with Crippen molar-refractivity contribution in [2.75, 3.05) is 7.11 Å². The number of aromatic hydroxyl groups is 1. The lowest BCUT2D eigenvalue weighted by Gasteiger charge is -1.98. The molecule has 0 saturated carbocycles. The van der Waals surface area contributed by atoms with Crippen molar-refractivity contribution in [1.29, 1.82) is 0 Å². The second-order valence-corrected chi connectivity index (χ2v) is 2.42. The number of rotatable bonds is 3. The minimum Gasteiger partial charge on any atom is -0.507 e. The van der Waals surface area contributed by atoms with Crippen LogP contribution >= 0.6 is 0 Å². The van der Waals surface area contributed by atoms with Crippen molar-refractivity contribution >= 4 is 5.78 Å². The van der Waals surface area contributed by atoms with Gasteiger partial charge in [-0.25, -0.2) is 0 Å². The monoisotopic (exact) mass is 178 g/mol. The fourth-order valence-electron chi connectivity index (χ4n) is 0.902. The number of hydrogen-bond donors (Lipinski definition) is 1. The Morgan fingerprint density at radius 1 is 1.46 bits per heavy atom. The summed E-state index contributed by atoms with van der Waals surface area (Å²) in [5, 5.41) is 9.28. The first kappa shape index (κ1) is 9.32. The molecule has 1 aromatic rings. The maximum atomic E-state index is 11.3. The second kappa shape index (κ2) is 4.30. The highest BCUT2D eigenvalue weighted by Crippen LogP contribution is 2.16. The van der Waals surface area contributed by atoms with Gasteiger partial charge in [0, 0.05) is 6.08 Å². The topological polar surface area (TPSA) is 46.5 Å². The van der Waals surface area contributed by atoms with Crippen LogP contribution < -0.4 is 0 Å². The Kier molecular flexibility index (Phi) is 3.09. The Morgan fingerprint density at radius 3 is 2.77 bits per heavy atom. The number of phenols is 1. The van der Waals surface area contributed by atoms with Gasteiger partial charge in [-0.1, -0.05) is 12.1 Å². The van der Waals surface area contributed by atoms with Gasteiger partial charge in [0.15, 0.2) is 5.78 Å². The van der Waals surface area contributed by atoms with E-state index in [0.717, 1.165) is 0 Å². The van der Waals surface area contributed by atoms with E-state index in [4.69, 9.17) is 0 Å². The van der Waals surface area contributed by atoms with Crippen LogP contribution in [0.5, 0.6) is 5.75 Å². The number of methoxy groups -OCH3 is 1. The Bertz CT molecular complexity index is 329. The largest absolute Gasteiger partial charge is 0.507 e.